The zero-order valence-electron chi connectivity index (χ0n) is 10.4. The Labute approximate surface area is 132 Å². The molecule has 5 nitrogen and oxygen atoms in total. The Morgan fingerprint density at radius 2 is 2.10 bits per heavy atom. The van der Waals surface area contributed by atoms with E-state index in [1.807, 2.05) is 0 Å². The van der Waals surface area contributed by atoms with Crippen LogP contribution in [0.4, 0.5) is 11.5 Å². The van der Waals surface area contributed by atoms with Crippen LogP contribution < -0.4 is 10.1 Å². The number of ether oxygens (including phenoxy) is 1. The van der Waals surface area contributed by atoms with Crippen LogP contribution in [0.3, 0.4) is 0 Å². The minimum absolute atomic E-state index is 0.0845. The molecule has 2 aromatic rings. The Hall–Kier alpha value is -1.60. The van der Waals surface area contributed by atoms with Gasteiger partial charge in [0.15, 0.2) is 0 Å². The number of pyridine rings is 1. The lowest BCUT2D eigenvalue weighted by molar-refractivity contribution is 0.0697. The number of methoxy groups -OCH3 is 1. The van der Waals surface area contributed by atoms with E-state index >= 15 is 0 Å². The van der Waals surface area contributed by atoms with E-state index in [1.54, 1.807) is 25.3 Å². The Morgan fingerprint density at radius 1 is 1.35 bits per heavy atom. The summed E-state index contributed by atoms with van der Waals surface area (Å²) in [5.74, 6) is -0.139. The molecule has 2 rings (SSSR count). The van der Waals surface area contributed by atoms with E-state index in [2.05, 4.69) is 42.2 Å². The number of rotatable bonds is 4. The summed E-state index contributed by atoms with van der Waals surface area (Å²) in [5, 5.41) is 12.1. The van der Waals surface area contributed by atoms with Crippen molar-refractivity contribution in [2.45, 2.75) is 0 Å². The Kier molecular flexibility index (Phi) is 4.61. The molecular formula is C13H10Br2N2O3. The predicted molar refractivity (Wildman–Crippen MR) is 82.9 cm³/mol. The van der Waals surface area contributed by atoms with Crippen molar-refractivity contribution in [3.8, 4) is 5.75 Å². The molecule has 0 bridgehead atoms. The van der Waals surface area contributed by atoms with Gasteiger partial charge in [-0.1, -0.05) is 0 Å². The van der Waals surface area contributed by atoms with Gasteiger partial charge in [-0.05, 0) is 50.1 Å². The smallest absolute Gasteiger partial charge is 0.339 e. The highest BCUT2D eigenvalue weighted by molar-refractivity contribution is 9.10. The summed E-state index contributed by atoms with van der Waals surface area (Å²) in [6.07, 6.45) is 1.53. The first-order chi connectivity index (χ1) is 9.51. The zero-order valence-corrected chi connectivity index (χ0v) is 13.5. The number of carbonyl (C=O) groups is 1. The van der Waals surface area contributed by atoms with Crippen molar-refractivity contribution < 1.29 is 14.6 Å². The number of aromatic nitrogens is 1. The molecule has 0 aliphatic heterocycles. The second-order valence-electron chi connectivity index (χ2n) is 3.83. The van der Waals surface area contributed by atoms with Gasteiger partial charge in [-0.2, -0.15) is 0 Å². The molecule has 7 heteroatoms. The minimum atomic E-state index is -1.05. The average molecular weight is 402 g/mol. The van der Waals surface area contributed by atoms with Crippen molar-refractivity contribution in [3.05, 3.63) is 45.0 Å². The maximum atomic E-state index is 11.2. The first-order valence-electron chi connectivity index (χ1n) is 5.50. The molecule has 2 N–H and O–H groups in total. The molecule has 20 heavy (non-hydrogen) atoms. The van der Waals surface area contributed by atoms with E-state index in [0.29, 0.717) is 15.9 Å². The molecule has 0 unspecified atom stereocenters. The Balaban J connectivity index is 2.37. The van der Waals surface area contributed by atoms with E-state index < -0.39 is 5.97 Å². The van der Waals surface area contributed by atoms with Gasteiger partial charge in [-0.25, -0.2) is 9.78 Å². The molecule has 0 aliphatic rings. The first-order valence-corrected chi connectivity index (χ1v) is 7.09. The third-order valence-electron chi connectivity index (χ3n) is 2.50. The van der Waals surface area contributed by atoms with Gasteiger partial charge in [0.1, 0.15) is 17.1 Å². The second-order valence-corrected chi connectivity index (χ2v) is 5.60. The van der Waals surface area contributed by atoms with Crippen molar-refractivity contribution in [1.29, 1.82) is 0 Å². The van der Waals surface area contributed by atoms with Crippen LogP contribution in [0, 0.1) is 0 Å². The fraction of sp³-hybridized carbons (Fsp3) is 0.0769. The summed E-state index contributed by atoms with van der Waals surface area (Å²) in [6.45, 7) is 0. The number of carboxylic acid groups (broad SMARTS) is 1. The lowest BCUT2D eigenvalue weighted by Gasteiger charge is -2.11. The first kappa shape index (κ1) is 14.8. The number of nitrogens with zero attached hydrogens (tertiary/aromatic N) is 1. The van der Waals surface area contributed by atoms with Crippen LogP contribution >= 0.6 is 31.9 Å². The van der Waals surface area contributed by atoms with E-state index in [4.69, 9.17) is 4.74 Å². The molecule has 0 fully saturated rings. The highest BCUT2D eigenvalue weighted by atomic mass is 79.9. The molecule has 0 aliphatic carbocycles. The van der Waals surface area contributed by atoms with Gasteiger partial charge in [-0.15, -0.1) is 0 Å². The molecular weight excluding hydrogens is 392 g/mol. The number of benzene rings is 1. The minimum Gasteiger partial charge on any atom is -0.495 e. The molecule has 0 amide bonds. The molecule has 1 heterocycles. The summed E-state index contributed by atoms with van der Waals surface area (Å²) in [6, 6.07) is 6.84. The van der Waals surface area contributed by atoms with Gasteiger partial charge in [0, 0.05) is 22.4 Å². The maximum absolute atomic E-state index is 11.2. The number of hydrogen-bond acceptors (Lipinski definition) is 4. The van der Waals surface area contributed by atoms with Gasteiger partial charge in [-0.3, -0.25) is 0 Å². The van der Waals surface area contributed by atoms with Crippen LogP contribution in [0.15, 0.2) is 39.4 Å². The maximum Gasteiger partial charge on any atom is 0.339 e. The highest BCUT2D eigenvalue weighted by Gasteiger charge is 2.13. The van der Waals surface area contributed by atoms with E-state index in [1.165, 1.54) is 12.3 Å². The van der Waals surface area contributed by atoms with E-state index in [0.717, 1.165) is 4.47 Å². The SMILES string of the molecule is COc1cc(Nc2ncc(Br)cc2C(=O)O)ccc1Br. The standard InChI is InChI=1S/C13H10Br2N2O3/c1-20-11-5-8(2-3-10(11)15)17-12-9(13(18)19)4-7(14)6-16-12/h2-6H,1H3,(H,16,17)(H,18,19). The van der Waals surface area contributed by atoms with Crippen molar-refractivity contribution in [2.75, 3.05) is 12.4 Å². The van der Waals surface area contributed by atoms with Crippen LogP contribution in [0.5, 0.6) is 5.75 Å². The molecule has 0 saturated carbocycles. The lowest BCUT2D eigenvalue weighted by Crippen LogP contribution is -2.05. The Morgan fingerprint density at radius 3 is 2.75 bits per heavy atom. The normalized spacial score (nSPS) is 10.2. The van der Waals surface area contributed by atoms with Gasteiger partial charge >= 0.3 is 5.97 Å². The van der Waals surface area contributed by atoms with Gasteiger partial charge in [0.2, 0.25) is 0 Å². The highest BCUT2D eigenvalue weighted by Crippen LogP contribution is 2.30. The largest absolute Gasteiger partial charge is 0.495 e. The van der Waals surface area contributed by atoms with Crippen molar-refractivity contribution >= 4 is 49.3 Å². The number of hydrogen-bond donors (Lipinski definition) is 2. The average Bonchev–Trinajstić information content (AvgIpc) is 2.42. The third kappa shape index (κ3) is 3.29. The van der Waals surface area contributed by atoms with Crippen molar-refractivity contribution in [2.24, 2.45) is 0 Å². The van der Waals surface area contributed by atoms with Crippen LogP contribution in [0.1, 0.15) is 10.4 Å². The molecule has 1 aromatic carbocycles. The summed E-state index contributed by atoms with van der Waals surface area (Å²) in [7, 11) is 1.56. The van der Waals surface area contributed by atoms with Gasteiger partial charge in [0.05, 0.1) is 11.6 Å². The van der Waals surface area contributed by atoms with Gasteiger partial charge < -0.3 is 15.2 Å². The monoisotopic (exact) mass is 400 g/mol. The van der Waals surface area contributed by atoms with Crippen LogP contribution in [-0.2, 0) is 0 Å². The molecule has 0 spiro atoms. The zero-order chi connectivity index (χ0) is 14.7. The van der Waals surface area contributed by atoms with E-state index in [9.17, 15) is 9.90 Å². The Bertz CT molecular complexity index is 662. The molecule has 104 valence electrons. The number of halogens is 2. The topological polar surface area (TPSA) is 71.5 Å². The summed E-state index contributed by atoms with van der Waals surface area (Å²) in [4.78, 5) is 15.3. The summed E-state index contributed by atoms with van der Waals surface area (Å²) < 4.78 is 6.61. The third-order valence-corrected chi connectivity index (χ3v) is 3.59. The van der Waals surface area contributed by atoms with Crippen LogP contribution in [0.2, 0.25) is 0 Å². The molecule has 0 radical (unpaired) electrons. The quantitative estimate of drug-likeness (QED) is 0.808. The lowest BCUT2D eigenvalue weighted by atomic mass is 10.2. The molecule has 0 saturated heterocycles. The van der Waals surface area contributed by atoms with Crippen molar-refractivity contribution in [1.82, 2.24) is 4.98 Å². The number of anilines is 2. The molecule has 1 aromatic heterocycles. The summed E-state index contributed by atoms with van der Waals surface area (Å²) >= 11 is 6.56. The predicted octanol–water partition coefficient (Wildman–Crippen LogP) is 4.06. The molecule has 0 atom stereocenters. The van der Waals surface area contributed by atoms with Crippen molar-refractivity contribution in [3.63, 3.8) is 0 Å². The number of nitrogens with one attached hydrogen (secondary N) is 1. The van der Waals surface area contributed by atoms with E-state index in [-0.39, 0.29) is 11.4 Å². The fourth-order valence-electron chi connectivity index (χ4n) is 1.58. The summed E-state index contributed by atoms with van der Waals surface area (Å²) in [5.41, 5.74) is 0.767. The number of aromatic carboxylic acids is 1. The van der Waals surface area contributed by atoms with Crippen LogP contribution in [0.25, 0.3) is 0 Å². The van der Waals surface area contributed by atoms with Gasteiger partial charge in [0.25, 0.3) is 0 Å². The fourth-order valence-corrected chi connectivity index (χ4v) is 2.32. The number of carboxylic acids is 1. The second kappa shape index (κ2) is 6.23. The van der Waals surface area contributed by atoms with Crippen LogP contribution in [-0.4, -0.2) is 23.2 Å².